The summed E-state index contributed by atoms with van der Waals surface area (Å²) in [5.41, 5.74) is 2.47. The number of likely N-dealkylation sites (tertiary alicyclic amines) is 1. The average Bonchev–Trinajstić information content (AvgIpc) is 2.67. The number of hydrogen-bond acceptors (Lipinski definition) is 2. The maximum absolute atomic E-state index is 13.0. The molecular weight excluding hydrogens is 341 g/mol. The second kappa shape index (κ2) is 9.50. The van der Waals surface area contributed by atoms with Crippen molar-refractivity contribution in [2.45, 2.75) is 38.0 Å². The summed E-state index contributed by atoms with van der Waals surface area (Å²) in [6, 6.07) is 20.6. The summed E-state index contributed by atoms with van der Waals surface area (Å²) < 4.78 is 13.0. The molecule has 3 rings (SSSR count). The minimum absolute atomic E-state index is 0.122. The summed E-state index contributed by atoms with van der Waals surface area (Å²) in [6.45, 7) is 1.93. The molecule has 0 amide bonds. The molecule has 1 aliphatic rings. The van der Waals surface area contributed by atoms with Crippen LogP contribution in [-0.4, -0.2) is 35.3 Å². The van der Waals surface area contributed by atoms with Gasteiger partial charge in [0.1, 0.15) is 0 Å². The molecule has 0 radical (unpaired) electrons. The molecule has 2 atom stereocenters. The maximum atomic E-state index is 13.0. The van der Waals surface area contributed by atoms with Crippen LogP contribution in [0.1, 0.15) is 42.7 Å². The summed E-state index contributed by atoms with van der Waals surface area (Å²) in [7, 11) is -3.18. The van der Waals surface area contributed by atoms with Gasteiger partial charge in [0.05, 0.1) is 6.29 Å². The third kappa shape index (κ3) is 6.09. The van der Waals surface area contributed by atoms with Crippen molar-refractivity contribution >= 4 is 7.37 Å². The van der Waals surface area contributed by atoms with Gasteiger partial charge in [0.15, 0.2) is 0 Å². The molecular formula is C22H30NO2P. The minimum Gasteiger partial charge on any atom is -0.343 e. The molecule has 26 heavy (non-hydrogen) atoms. The van der Waals surface area contributed by atoms with Gasteiger partial charge in [-0.2, -0.15) is 0 Å². The van der Waals surface area contributed by atoms with Gasteiger partial charge in [-0.25, -0.2) is 0 Å². The molecule has 4 heteroatoms. The predicted molar refractivity (Wildman–Crippen MR) is 109 cm³/mol. The Balaban J connectivity index is 1.67. The highest BCUT2D eigenvalue weighted by atomic mass is 31.2. The van der Waals surface area contributed by atoms with Crippen LogP contribution in [0, 0.1) is 0 Å². The zero-order valence-electron chi connectivity index (χ0n) is 15.5. The largest absolute Gasteiger partial charge is 0.343 e. The number of nitrogens with zero attached hydrogens (tertiary/aromatic N) is 1. The Morgan fingerprint density at radius 1 is 0.923 bits per heavy atom. The molecule has 1 aliphatic heterocycles. The van der Waals surface area contributed by atoms with Gasteiger partial charge < -0.3 is 4.89 Å². The maximum Gasteiger partial charge on any atom is 0.214 e. The van der Waals surface area contributed by atoms with Crippen molar-refractivity contribution in [3.63, 3.8) is 0 Å². The highest BCUT2D eigenvalue weighted by Crippen LogP contribution is 2.46. The zero-order chi connectivity index (χ0) is 18.2. The fourth-order valence-corrected chi connectivity index (χ4v) is 6.00. The second-order valence-electron chi connectivity index (χ2n) is 7.48. The Hall–Kier alpha value is -1.41. The summed E-state index contributed by atoms with van der Waals surface area (Å²) in [6.07, 6.45) is 6.10. The van der Waals surface area contributed by atoms with Crippen molar-refractivity contribution in [1.82, 2.24) is 4.90 Å². The fraction of sp³-hybridized carbons (Fsp3) is 0.455. The van der Waals surface area contributed by atoms with Crippen LogP contribution in [0.25, 0.3) is 0 Å². The number of piperidine rings is 1. The van der Waals surface area contributed by atoms with Gasteiger partial charge in [-0.15, -0.1) is 0 Å². The van der Waals surface area contributed by atoms with Crippen LogP contribution >= 0.6 is 7.37 Å². The SMILES string of the molecule is O=P(O)(CC(CCc1ccccc1)c1ccccc1)CN1CCCCC1. The Kier molecular flexibility index (Phi) is 7.07. The topological polar surface area (TPSA) is 40.5 Å². The molecule has 2 aromatic carbocycles. The van der Waals surface area contributed by atoms with E-state index >= 15 is 0 Å². The van der Waals surface area contributed by atoms with Gasteiger partial charge in [0.25, 0.3) is 0 Å². The molecule has 1 N–H and O–H groups in total. The van der Waals surface area contributed by atoms with E-state index in [4.69, 9.17) is 0 Å². The molecule has 0 aromatic heterocycles. The molecule has 2 aromatic rings. The summed E-state index contributed by atoms with van der Waals surface area (Å²) in [4.78, 5) is 12.9. The van der Waals surface area contributed by atoms with Crippen molar-refractivity contribution in [1.29, 1.82) is 0 Å². The first-order valence-corrected chi connectivity index (χ1v) is 11.8. The van der Waals surface area contributed by atoms with E-state index < -0.39 is 7.37 Å². The van der Waals surface area contributed by atoms with Crippen molar-refractivity contribution in [3.05, 3.63) is 71.8 Å². The first kappa shape index (κ1) is 19.4. The predicted octanol–water partition coefficient (Wildman–Crippen LogP) is 5.12. The molecule has 3 nitrogen and oxygen atoms in total. The van der Waals surface area contributed by atoms with E-state index in [0.717, 1.165) is 38.8 Å². The quantitative estimate of drug-likeness (QED) is 0.655. The van der Waals surface area contributed by atoms with E-state index in [-0.39, 0.29) is 5.92 Å². The first-order chi connectivity index (χ1) is 12.6. The van der Waals surface area contributed by atoms with E-state index in [1.54, 1.807) is 0 Å². The lowest BCUT2D eigenvalue weighted by Gasteiger charge is -2.30. The lowest BCUT2D eigenvalue weighted by Crippen LogP contribution is -2.31. The van der Waals surface area contributed by atoms with E-state index in [0.29, 0.717) is 12.4 Å². The lowest BCUT2D eigenvalue weighted by molar-refractivity contribution is 0.252. The highest BCUT2D eigenvalue weighted by molar-refractivity contribution is 7.57. The van der Waals surface area contributed by atoms with Crippen LogP contribution < -0.4 is 0 Å². The number of rotatable bonds is 8. The van der Waals surface area contributed by atoms with E-state index in [9.17, 15) is 9.46 Å². The zero-order valence-corrected chi connectivity index (χ0v) is 16.4. The van der Waals surface area contributed by atoms with Crippen molar-refractivity contribution in [2.75, 3.05) is 25.5 Å². The lowest BCUT2D eigenvalue weighted by atomic mass is 9.94. The van der Waals surface area contributed by atoms with Crippen LogP contribution in [0.3, 0.4) is 0 Å². The molecule has 1 heterocycles. The molecule has 140 valence electrons. The third-order valence-corrected chi connectivity index (χ3v) is 7.12. The van der Waals surface area contributed by atoms with Gasteiger partial charge in [0.2, 0.25) is 7.37 Å². The average molecular weight is 371 g/mol. The Bertz CT molecular complexity index is 699. The number of hydrogen-bond donors (Lipinski definition) is 1. The molecule has 1 fully saturated rings. The molecule has 0 spiro atoms. The minimum atomic E-state index is -3.18. The van der Waals surface area contributed by atoms with Gasteiger partial charge in [0, 0.05) is 6.16 Å². The molecule has 1 saturated heterocycles. The van der Waals surface area contributed by atoms with E-state index in [1.807, 2.05) is 24.3 Å². The monoisotopic (exact) mass is 371 g/mol. The summed E-state index contributed by atoms with van der Waals surface area (Å²) in [5, 5.41) is 0. The van der Waals surface area contributed by atoms with Gasteiger partial charge in [-0.1, -0.05) is 67.1 Å². The number of aryl methyl sites for hydroxylation is 1. The van der Waals surface area contributed by atoms with Crippen molar-refractivity contribution in [3.8, 4) is 0 Å². The molecule has 0 aliphatic carbocycles. The van der Waals surface area contributed by atoms with Crippen LogP contribution in [-0.2, 0) is 11.0 Å². The number of benzene rings is 2. The fourth-order valence-electron chi connectivity index (χ4n) is 3.89. The van der Waals surface area contributed by atoms with E-state index in [2.05, 4.69) is 41.3 Å². The molecule has 0 saturated carbocycles. The van der Waals surface area contributed by atoms with Crippen molar-refractivity contribution < 1.29 is 9.46 Å². The summed E-state index contributed by atoms with van der Waals surface area (Å²) >= 11 is 0. The van der Waals surface area contributed by atoms with Gasteiger partial charge in [-0.3, -0.25) is 9.46 Å². The Morgan fingerprint density at radius 2 is 1.54 bits per heavy atom. The van der Waals surface area contributed by atoms with Crippen LogP contribution in [0.2, 0.25) is 0 Å². The third-order valence-electron chi connectivity index (χ3n) is 5.27. The van der Waals surface area contributed by atoms with Crippen molar-refractivity contribution in [2.24, 2.45) is 0 Å². The summed E-state index contributed by atoms with van der Waals surface area (Å²) in [5.74, 6) is 0.122. The van der Waals surface area contributed by atoms with Crippen LogP contribution in [0.5, 0.6) is 0 Å². The molecule has 0 bridgehead atoms. The second-order valence-corrected chi connectivity index (χ2v) is 9.82. The van der Waals surface area contributed by atoms with E-state index in [1.165, 1.54) is 17.5 Å². The Morgan fingerprint density at radius 3 is 2.19 bits per heavy atom. The standard InChI is InChI=1S/C22H30NO2P/c24-26(25,19-23-16-8-3-9-17-23)18-22(21-12-6-2-7-13-21)15-14-20-10-4-1-5-11-20/h1-2,4-7,10-13,22H,3,8-9,14-19H2,(H,24,25). The molecule has 2 unspecified atom stereocenters. The normalized spacial score (nSPS) is 19.0. The van der Waals surface area contributed by atoms with Gasteiger partial charge in [-0.05, 0) is 55.8 Å². The smallest absolute Gasteiger partial charge is 0.214 e. The van der Waals surface area contributed by atoms with Crippen LogP contribution in [0.15, 0.2) is 60.7 Å². The van der Waals surface area contributed by atoms with Crippen LogP contribution in [0.4, 0.5) is 0 Å². The first-order valence-electron chi connectivity index (χ1n) is 9.74. The Labute approximate surface area is 157 Å². The highest BCUT2D eigenvalue weighted by Gasteiger charge is 2.28. The van der Waals surface area contributed by atoms with Gasteiger partial charge >= 0.3 is 0 Å².